The predicted molar refractivity (Wildman–Crippen MR) is 162 cm³/mol. The number of carbonyl (C=O) groups is 2. The van der Waals surface area contributed by atoms with Crippen LogP contribution in [-0.4, -0.2) is 51.4 Å². The number of carbonyl (C=O) groups excluding carboxylic acids is 2. The van der Waals surface area contributed by atoms with Gasteiger partial charge in [0.2, 0.25) is 11.8 Å². The molecule has 0 fully saturated rings. The summed E-state index contributed by atoms with van der Waals surface area (Å²) in [5.74, 6) is -0.126. The molecule has 1 atom stereocenters. The van der Waals surface area contributed by atoms with E-state index in [0.717, 1.165) is 23.1 Å². The minimum Gasteiger partial charge on any atom is -0.497 e. The van der Waals surface area contributed by atoms with Crippen LogP contribution in [0.3, 0.4) is 0 Å². The van der Waals surface area contributed by atoms with E-state index in [9.17, 15) is 18.0 Å². The Morgan fingerprint density at radius 3 is 2.29 bits per heavy atom. The van der Waals surface area contributed by atoms with Crippen LogP contribution in [0.1, 0.15) is 50.3 Å². The number of sulfonamides is 1. The van der Waals surface area contributed by atoms with Crippen molar-refractivity contribution >= 4 is 27.5 Å². The molecule has 8 nitrogen and oxygen atoms in total. The maximum Gasteiger partial charge on any atom is 0.264 e. The highest BCUT2D eigenvalue weighted by molar-refractivity contribution is 7.92. The van der Waals surface area contributed by atoms with Gasteiger partial charge in [-0.2, -0.15) is 0 Å². The van der Waals surface area contributed by atoms with Crippen molar-refractivity contribution < 1.29 is 22.7 Å². The van der Waals surface area contributed by atoms with Crippen molar-refractivity contribution in [2.24, 2.45) is 0 Å². The maximum atomic E-state index is 14.2. The van der Waals surface area contributed by atoms with E-state index in [4.69, 9.17) is 4.74 Å². The van der Waals surface area contributed by atoms with Crippen LogP contribution in [0.4, 0.5) is 5.69 Å². The average Bonchev–Trinajstić information content (AvgIpc) is 2.98. The standard InChI is InChI=1S/C32H41N3O5S/c1-6-20-33-32(37)29(8-3)34(22-25-12-11-14-27(21-25)40-5)31(36)23-35(30-15-10-9-13-26(30)7-2)41(38,39)28-18-16-24(4)17-19-28/h9-19,21,29H,6-8,20,22-23H2,1-5H3,(H,33,37)/t29-/m0/s1. The maximum absolute atomic E-state index is 14.2. The second kappa shape index (κ2) is 14.7. The lowest BCUT2D eigenvalue weighted by Gasteiger charge is -2.33. The van der Waals surface area contributed by atoms with Crippen LogP contribution in [0.15, 0.2) is 77.7 Å². The molecule has 0 spiro atoms. The van der Waals surface area contributed by atoms with Crippen LogP contribution in [0.5, 0.6) is 5.75 Å². The summed E-state index contributed by atoms with van der Waals surface area (Å²) in [7, 11) is -2.55. The quantitative estimate of drug-likeness (QED) is 0.287. The SMILES string of the molecule is CCCNC(=O)[C@H](CC)N(Cc1cccc(OC)c1)C(=O)CN(c1ccccc1CC)S(=O)(=O)c1ccc(C)cc1. The molecule has 9 heteroatoms. The van der Waals surface area contributed by atoms with Gasteiger partial charge in [-0.25, -0.2) is 8.42 Å². The molecule has 0 heterocycles. The highest BCUT2D eigenvalue weighted by atomic mass is 32.2. The number of para-hydroxylation sites is 1. The monoisotopic (exact) mass is 579 g/mol. The van der Waals surface area contributed by atoms with Gasteiger partial charge in [0.25, 0.3) is 10.0 Å². The largest absolute Gasteiger partial charge is 0.497 e. The number of nitrogens with zero attached hydrogens (tertiary/aromatic N) is 2. The van der Waals surface area contributed by atoms with E-state index in [1.807, 2.05) is 58.0 Å². The second-order valence-electron chi connectivity index (χ2n) is 9.90. The Balaban J connectivity index is 2.09. The molecule has 220 valence electrons. The number of anilines is 1. The molecule has 0 aliphatic rings. The summed E-state index contributed by atoms with van der Waals surface area (Å²) < 4.78 is 34.7. The number of benzene rings is 3. The van der Waals surface area contributed by atoms with Gasteiger partial charge in [-0.3, -0.25) is 13.9 Å². The zero-order valence-corrected chi connectivity index (χ0v) is 25.4. The molecule has 0 bridgehead atoms. The van der Waals surface area contributed by atoms with E-state index in [1.54, 1.807) is 49.6 Å². The number of ether oxygens (including phenoxy) is 1. The van der Waals surface area contributed by atoms with Crippen molar-refractivity contribution in [3.63, 3.8) is 0 Å². The number of nitrogens with one attached hydrogen (secondary N) is 1. The number of methoxy groups -OCH3 is 1. The summed E-state index contributed by atoms with van der Waals surface area (Å²) in [6.45, 7) is 7.76. The highest BCUT2D eigenvalue weighted by Gasteiger charge is 2.34. The van der Waals surface area contributed by atoms with Crippen LogP contribution in [0.25, 0.3) is 0 Å². The minimum atomic E-state index is -4.12. The lowest BCUT2D eigenvalue weighted by molar-refractivity contribution is -0.140. The normalized spacial score (nSPS) is 11.9. The second-order valence-corrected chi connectivity index (χ2v) is 11.8. The van der Waals surface area contributed by atoms with Crippen LogP contribution in [0, 0.1) is 6.92 Å². The molecule has 0 unspecified atom stereocenters. The van der Waals surface area contributed by atoms with Crippen molar-refractivity contribution in [2.45, 2.75) is 64.4 Å². The first-order valence-electron chi connectivity index (χ1n) is 14.0. The predicted octanol–water partition coefficient (Wildman–Crippen LogP) is 5.09. The van der Waals surface area contributed by atoms with E-state index in [0.29, 0.717) is 30.8 Å². The van der Waals surface area contributed by atoms with Gasteiger partial charge in [-0.15, -0.1) is 0 Å². The lowest BCUT2D eigenvalue weighted by Crippen LogP contribution is -2.52. The van der Waals surface area contributed by atoms with E-state index in [1.165, 1.54) is 9.21 Å². The van der Waals surface area contributed by atoms with Crippen LogP contribution < -0.4 is 14.4 Å². The number of hydrogen-bond donors (Lipinski definition) is 1. The summed E-state index contributed by atoms with van der Waals surface area (Å²) in [6, 6.07) is 20.3. The van der Waals surface area contributed by atoms with Gasteiger partial charge in [-0.05, 0) is 67.6 Å². The van der Waals surface area contributed by atoms with Crippen molar-refractivity contribution in [1.82, 2.24) is 10.2 Å². The molecule has 0 radical (unpaired) electrons. The minimum absolute atomic E-state index is 0.0916. The summed E-state index contributed by atoms with van der Waals surface area (Å²) in [5.41, 5.74) is 2.92. The van der Waals surface area contributed by atoms with Crippen molar-refractivity contribution in [1.29, 1.82) is 0 Å². The van der Waals surface area contributed by atoms with Crippen molar-refractivity contribution in [3.8, 4) is 5.75 Å². The van der Waals surface area contributed by atoms with E-state index in [-0.39, 0.29) is 17.3 Å². The Hall–Kier alpha value is -3.85. The molecule has 0 aliphatic carbocycles. The molecule has 41 heavy (non-hydrogen) atoms. The molecule has 3 aromatic carbocycles. The Morgan fingerprint density at radius 1 is 0.951 bits per heavy atom. The van der Waals surface area contributed by atoms with Crippen LogP contribution in [-0.2, 0) is 32.6 Å². The highest BCUT2D eigenvalue weighted by Crippen LogP contribution is 2.28. The fourth-order valence-corrected chi connectivity index (χ4v) is 6.11. The Labute approximate surface area is 244 Å². The Morgan fingerprint density at radius 2 is 1.66 bits per heavy atom. The van der Waals surface area contributed by atoms with Crippen LogP contribution >= 0.6 is 0 Å². The molecule has 0 aliphatic heterocycles. The fraction of sp³-hybridized carbons (Fsp3) is 0.375. The van der Waals surface area contributed by atoms with Gasteiger partial charge in [0, 0.05) is 13.1 Å². The zero-order chi connectivity index (χ0) is 30.0. The van der Waals surface area contributed by atoms with E-state index in [2.05, 4.69) is 5.32 Å². The lowest BCUT2D eigenvalue weighted by atomic mass is 10.1. The molecular formula is C32H41N3O5S. The Bertz CT molecular complexity index is 1420. The third-order valence-corrected chi connectivity index (χ3v) is 8.73. The molecule has 0 saturated carbocycles. The molecule has 0 saturated heterocycles. The number of hydrogen-bond acceptors (Lipinski definition) is 5. The first-order valence-corrected chi connectivity index (χ1v) is 15.5. The smallest absolute Gasteiger partial charge is 0.264 e. The fourth-order valence-electron chi connectivity index (χ4n) is 4.66. The number of aryl methyl sites for hydroxylation is 2. The van der Waals surface area contributed by atoms with Crippen molar-refractivity contribution in [3.05, 3.63) is 89.5 Å². The molecule has 3 aromatic rings. The third kappa shape index (κ3) is 7.88. The average molecular weight is 580 g/mol. The zero-order valence-electron chi connectivity index (χ0n) is 24.6. The van der Waals surface area contributed by atoms with Crippen LogP contribution in [0.2, 0.25) is 0 Å². The molecule has 2 amide bonds. The van der Waals surface area contributed by atoms with Gasteiger partial charge in [-0.1, -0.05) is 68.8 Å². The summed E-state index contributed by atoms with van der Waals surface area (Å²) in [5, 5.41) is 2.90. The number of rotatable bonds is 14. The van der Waals surface area contributed by atoms with E-state index >= 15 is 0 Å². The molecule has 0 aromatic heterocycles. The summed E-state index contributed by atoms with van der Waals surface area (Å²) in [4.78, 5) is 29.0. The Kier molecular flexibility index (Phi) is 11.3. The van der Waals surface area contributed by atoms with Crippen molar-refractivity contribution in [2.75, 3.05) is 24.5 Å². The topological polar surface area (TPSA) is 96.0 Å². The van der Waals surface area contributed by atoms with E-state index < -0.39 is 28.5 Å². The van der Waals surface area contributed by atoms with Gasteiger partial charge >= 0.3 is 0 Å². The first-order chi connectivity index (χ1) is 19.7. The molecule has 1 N–H and O–H groups in total. The van der Waals surface area contributed by atoms with Gasteiger partial charge < -0.3 is 15.0 Å². The van der Waals surface area contributed by atoms with Gasteiger partial charge in [0.05, 0.1) is 17.7 Å². The summed E-state index contributed by atoms with van der Waals surface area (Å²) in [6.07, 6.45) is 1.69. The molecule has 3 rings (SSSR count). The summed E-state index contributed by atoms with van der Waals surface area (Å²) >= 11 is 0. The third-order valence-electron chi connectivity index (χ3n) is 6.95. The van der Waals surface area contributed by atoms with Gasteiger partial charge in [0.1, 0.15) is 18.3 Å². The molecular weight excluding hydrogens is 538 g/mol. The van der Waals surface area contributed by atoms with Gasteiger partial charge in [0.15, 0.2) is 0 Å². The number of amides is 2. The first kappa shape index (κ1) is 31.7.